The fourth-order valence-corrected chi connectivity index (χ4v) is 1.68. The van der Waals surface area contributed by atoms with Gasteiger partial charge in [-0.05, 0) is 24.9 Å². The van der Waals surface area contributed by atoms with Crippen LogP contribution in [-0.2, 0) is 9.59 Å². The van der Waals surface area contributed by atoms with E-state index in [0.717, 1.165) is 6.42 Å². The lowest BCUT2D eigenvalue weighted by atomic mass is 10.1. The summed E-state index contributed by atoms with van der Waals surface area (Å²) in [7, 11) is 0. The summed E-state index contributed by atoms with van der Waals surface area (Å²) in [5, 5.41) is -0.390. The van der Waals surface area contributed by atoms with Crippen molar-refractivity contribution in [2.45, 2.75) is 32.7 Å². The molecule has 0 radical (unpaired) electrons. The third-order valence-corrected chi connectivity index (χ3v) is 2.91. The number of rotatable bonds is 3. The minimum Gasteiger partial charge on any atom is -0.339 e. The van der Waals surface area contributed by atoms with Crippen LogP contribution in [0, 0.1) is 5.92 Å². The number of carbonyl (C=O) groups is 2. The average molecular weight is 204 g/mol. The van der Waals surface area contributed by atoms with Crippen molar-refractivity contribution in [1.82, 2.24) is 4.90 Å². The molecule has 0 saturated carbocycles. The Kier molecular flexibility index (Phi) is 3.31. The number of likely N-dealkylation sites (tertiary alicyclic amines) is 1. The van der Waals surface area contributed by atoms with E-state index in [1.165, 1.54) is 0 Å². The largest absolute Gasteiger partial charge is 0.339 e. The molecule has 1 aliphatic rings. The van der Waals surface area contributed by atoms with Crippen molar-refractivity contribution in [3.05, 3.63) is 0 Å². The summed E-state index contributed by atoms with van der Waals surface area (Å²) >= 11 is 5.34. The summed E-state index contributed by atoms with van der Waals surface area (Å²) in [6.45, 7) is 4.50. The maximum absolute atomic E-state index is 11.4. The maximum Gasteiger partial charge on any atom is 0.227 e. The molecule has 13 heavy (non-hydrogen) atoms. The van der Waals surface area contributed by atoms with Gasteiger partial charge in [0, 0.05) is 19.0 Å². The van der Waals surface area contributed by atoms with Crippen molar-refractivity contribution < 1.29 is 9.59 Å². The van der Waals surface area contributed by atoms with Crippen LogP contribution in [0.3, 0.4) is 0 Å². The minimum absolute atomic E-state index is 0.0494. The third kappa shape index (κ3) is 2.21. The van der Waals surface area contributed by atoms with E-state index in [9.17, 15) is 9.59 Å². The van der Waals surface area contributed by atoms with E-state index in [4.69, 9.17) is 11.6 Å². The lowest BCUT2D eigenvalue weighted by molar-refractivity contribution is -0.129. The van der Waals surface area contributed by atoms with E-state index < -0.39 is 0 Å². The first-order valence-corrected chi connectivity index (χ1v) is 4.92. The molecular formula is C9H14ClNO2. The maximum atomic E-state index is 11.4. The van der Waals surface area contributed by atoms with Gasteiger partial charge in [-0.15, -0.1) is 0 Å². The molecule has 2 unspecified atom stereocenters. The highest BCUT2D eigenvalue weighted by Gasteiger charge is 2.35. The Balaban J connectivity index is 2.61. The highest BCUT2D eigenvalue weighted by Crippen LogP contribution is 2.22. The van der Waals surface area contributed by atoms with Gasteiger partial charge in [0.15, 0.2) is 0 Å². The zero-order valence-corrected chi connectivity index (χ0v) is 8.67. The predicted molar refractivity (Wildman–Crippen MR) is 50.4 cm³/mol. The molecule has 1 rings (SSSR count). The molecule has 3 nitrogen and oxygen atoms in total. The number of carbonyl (C=O) groups excluding carboxylic acids is 2. The fourth-order valence-electron chi connectivity index (χ4n) is 1.53. The molecule has 0 bridgehead atoms. The summed E-state index contributed by atoms with van der Waals surface area (Å²) in [6.07, 6.45) is 1.20. The van der Waals surface area contributed by atoms with Gasteiger partial charge in [0.05, 0.1) is 5.92 Å². The molecule has 1 amide bonds. The Morgan fingerprint density at radius 2 is 2.38 bits per heavy atom. The van der Waals surface area contributed by atoms with Gasteiger partial charge in [0.25, 0.3) is 0 Å². The lowest BCUT2D eigenvalue weighted by Crippen LogP contribution is -2.34. The van der Waals surface area contributed by atoms with Gasteiger partial charge in [-0.25, -0.2) is 0 Å². The first-order chi connectivity index (χ1) is 6.06. The molecule has 1 fully saturated rings. The molecule has 2 atom stereocenters. The number of halogens is 1. The third-order valence-electron chi connectivity index (χ3n) is 2.60. The zero-order chi connectivity index (χ0) is 10.0. The standard InChI is InChI=1S/C9H14ClNO2/c1-3-6(2)11-5-7(9(10)13)4-8(11)12/h6-7H,3-5H2,1-2H3. The van der Waals surface area contributed by atoms with Crippen molar-refractivity contribution in [3.8, 4) is 0 Å². The van der Waals surface area contributed by atoms with Gasteiger partial charge >= 0.3 is 0 Å². The molecule has 74 valence electrons. The predicted octanol–water partition coefficient (Wildman–Crippen LogP) is 1.40. The van der Waals surface area contributed by atoms with E-state index in [2.05, 4.69) is 0 Å². The van der Waals surface area contributed by atoms with Crippen LogP contribution in [0.2, 0.25) is 0 Å². The second kappa shape index (κ2) is 4.09. The van der Waals surface area contributed by atoms with Crippen molar-refractivity contribution >= 4 is 22.8 Å². The van der Waals surface area contributed by atoms with Crippen LogP contribution in [0.25, 0.3) is 0 Å². The van der Waals surface area contributed by atoms with E-state index in [-0.39, 0.29) is 29.5 Å². The monoisotopic (exact) mass is 203 g/mol. The van der Waals surface area contributed by atoms with Gasteiger partial charge in [0.1, 0.15) is 0 Å². The first-order valence-electron chi connectivity index (χ1n) is 4.55. The average Bonchev–Trinajstić information content (AvgIpc) is 2.46. The molecule has 0 aromatic carbocycles. The van der Waals surface area contributed by atoms with Crippen molar-refractivity contribution in [2.24, 2.45) is 5.92 Å². The second-order valence-corrected chi connectivity index (χ2v) is 3.88. The molecule has 1 saturated heterocycles. The first kappa shape index (κ1) is 10.5. The Hall–Kier alpha value is -0.570. The number of hydrogen-bond acceptors (Lipinski definition) is 2. The van der Waals surface area contributed by atoms with E-state index >= 15 is 0 Å². The highest BCUT2D eigenvalue weighted by molar-refractivity contribution is 6.64. The molecule has 1 heterocycles. The fraction of sp³-hybridized carbons (Fsp3) is 0.778. The van der Waals surface area contributed by atoms with Gasteiger partial charge in [-0.3, -0.25) is 9.59 Å². The Labute approximate surface area is 83.0 Å². The molecule has 4 heteroatoms. The lowest BCUT2D eigenvalue weighted by Gasteiger charge is -2.22. The number of hydrogen-bond donors (Lipinski definition) is 0. The summed E-state index contributed by atoms with van der Waals surface area (Å²) in [5.74, 6) is -0.239. The molecule has 0 N–H and O–H groups in total. The summed E-state index contributed by atoms with van der Waals surface area (Å²) in [5.41, 5.74) is 0. The second-order valence-electron chi connectivity index (χ2n) is 3.51. The zero-order valence-electron chi connectivity index (χ0n) is 7.92. The van der Waals surface area contributed by atoms with E-state index in [1.807, 2.05) is 13.8 Å². The van der Waals surface area contributed by atoms with Crippen LogP contribution in [-0.4, -0.2) is 28.6 Å². The van der Waals surface area contributed by atoms with Gasteiger partial charge < -0.3 is 4.90 Å². The van der Waals surface area contributed by atoms with Crippen LogP contribution >= 0.6 is 11.6 Å². The van der Waals surface area contributed by atoms with Gasteiger partial charge in [-0.2, -0.15) is 0 Å². The van der Waals surface area contributed by atoms with E-state index in [1.54, 1.807) is 4.90 Å². The molecule has 0 spiro atoms. The van der Waals surface area contributed by atoms with Gasteiger partial charge in [-0.1, -0.05) is 6.92 Å². The Morgan fingerprint density at radius 1 is 1.77 bits per heavy atom. The van der Waals surface area contributed by atoms with Crippen LogP contribution in [0.15, 0.2) is 0 Å². The smallest absolute Gasteiger partial charge is 0.227 e. The summed E-state index contributed by atoms with van der Waals surface area (Å²) in [4.78, 5) is 24.0. The van der Waals surface area contributed by atoms with Crippen molar-refractivity contribution in [3.63, 3.8) is 0 Å². The van der Waals surface area contributed by atoms with Crippen LogP contribution in [0.4, 0.5) is 0 Å². The molecule has 0 aliphatic carbocycles. The normalized spacial score (nSPS) is 25.0. The molecule has 1 aliphatic heterocycles. The van der Waals surface area contributed by atoms with Crippen molar-refractivity contribution in [2.75, 3.05) is 6.54 Å². The number of nitrogens with zero attached hydrogens (tertiary/aromatic N) is 1. The van der Waals surface area contributed by atoms with Crippen LogP contribution in [0.1, 0.15) is 26.7 Å². The highest BCUT2D eigenvalue weighted by atomic mass is 35.5. The SMILES string of the molecule is CCC(C)N1CC(C(=O)Cl)CC1=O. The number of amides is 1. The Bertz CT molecular complexity index is 230. The van der Waals surface area contributed by atoms with Gasteiger partial charge in [0.2, 0.25) is 11.1 Å². The van der Waals surface area contributed by atoms with E-state index in [0.29, 0.717) is 6.54 Å². The van der Waals surface area contributed by atoms with Crippen LogP contribution in [0.5, 0.6) is 0 Å². The molecular weight excluding hydrogens is 190 g/mol. The van der Waals surface area contributed by atoms with Crippen LogP contribution < -0.4 is 0 Å². The summed E-state index contributed by atoms with van der Waals surface area (Å²) < 4.78 is 0. The van der Waals surface area contributed by atoms with Crippen molar-refractivity contribution in [1.29, 1.82) is 0 Å². The summed E-state index contributed by atoms with van der Waals surface area (Å²) in [6, 6.07) is 0.216. The molecule has 0 aromatic rings. The topological polar surface area (TPSA) is 37.4 Å². The molecule has 0 aromatic heterocycles. The minimum atomic E-state index is -0.390. The quantitative estimate of drug-likeness (QED) is 0.651. The Morgan fingerprint density at radius 3 is 2.77 bits per heavy atom.